The molecule has 2 aromatic carbocycles. The summed E-state index contributed by atoms with van der Waals surface area (Å²) in [6.45, 7) is 6.66. The Morgan fingerprint density at radius 3 is 1.65 bits per heavy atom. The van der Waals surface area contributed by atoms with Gasteiger partial charge in [0.1, 0.15) is 0 Å². The van der Waals surface area contributed by atoms with E-state index < -0.39 is 0 Å². The minimum atomic E-state index is 0.611. The molecule has 0 aliphatic carbocycles. The lowest BCUT2D eigenvalue weighted by molar-refractivity contribution is 0.181. The Hall–Kier alpha value is -1.60. The number of benzene rings is 2. The van der Waals surface area contributed by atoms with Crippen LogP contribution in [-0.2, 0) is 13.1 Å². The van der Waals surface area contributed by atoms with Crippen LogP contribution in [0.3, 0.4) is 0 Å². The Labute approximate surface area is 123 Å². The number of hydrogen-bond donors (Lipinski definition) is 0. The van der Waals surface area contributed by atoms with Gasteiger partial charge in [0.2, 0.25) is 0 Å². The highest BCUT2D eigenvalue weighted by atomic mass is 15.1. The van der Waals surface area contributed by atoms with Crippen molar-refractivity contribution < 1.29 is 0 Å². The molecule has 0 aliphatic rings. The third-order valence-electron chi connectivity index (χ3n) is 3.79. The van der Waals surface area contributed by atoms with Crippen LogP contribution < -0.4 is 0 Å². The fourth-order valence-corrected chi connectivity index (χ4v) is 2.60. The van der Waals surface area contributed by atoms with Crippen LogP contribution in [0.5, 0.6) is 0 Å². The molecule has 106 valence electrons. The minimum absolute atomic E-state index is 0.611. The molecule has 0 saturated heterocycles. The highest BCUT2D eigenvalue weighted by molar-refractivity contribution is 5.17. The Balaban J connectivity index is 2.08. The topological polar surface area (TPSA) is 3.24 Å². The number of rotatable bonds is 7. The Bertz CT molecular complexity index is 436. The van der Waals surface area contributed by atoms with Gasteiger partial charge >= 0.3 is 0 Å². The normalized spacial score (nSPS) is 12.6. The van der Waals surface area contributed by atoms with Gasteiger partial charge < -0.3 is 0 Å². The van der Waals surface area contributed by atoms with Gasteiger partial charge in [-0.25, -0.2) is 0 Å². The lowest BCUT2D eigenvalue weighted by atomic mass is 10.1. The highest BCUT2D eigenvalue weighted by Gasteiger charge is 2.13. The molecule has 20 heavy (non-hydrogen) atoms. The molecular weight excluding hydrogens is 242 g/mol. The smallest absolute Gasteiger partial charge is 0.0240 e. The third-order valence-corrected chi connectivity index (χ3v) is 3.79. The Morgan fingerprint density at radius 1 is 0.800 bits per heavy atom. The molecule has 0 saturated carbocycles. The summed E-state index contributed by atoms with van der Waals surface area (Å²) in [5, 5.41) is 0. The van der Waals surface area contributed by atoms with E-state index in [0.29, 0.717) is 6.04 Å². The zero-order valence-corrected chi connectivity index (χ0v) is 12.6. The van der Waals surface area contributed by atoms with Crippen LogP contribution >= 0.6 is 0 Å². The van der Waals surface area contributed by atoms with Crippen LogP contribution in [0.15, 0.2) is 60.7 Å². The van der Waals surface area contributed by atoms with Crippen molar-refractivity contribution in [3.05, 3.63) is 71.8 Å². The standard InChI is InChI=1S/C19H25N/c1-3-10-17(2)20(15-18-11-6-4-7-12-18)16-19-13-8-5-9-14-19/h4-9,11-14,17H,3,10,15-16H2,1-2H3. The van der Waals surface area contributed by atoms with E-state index in [-0.39, 0.29) is 0 Å². The van der Waals surface area contributed by atoms with E-state index in [1.807, 2.05) is 0 Å². The zero-order chi connectivity index (χ0) is 14.2. The van der Waals surface area contributed by atoms with Gasteiger partial charge in [0.15, 0.2) is 0 Å². The van der Waals surface area contributed by atoms with Crippen LogP contribution in [0.4, 0.5) is 0 Å². The summed E-state index contributed by atoms with van der Waals surface area (Å²) < 4.78 is 0. The van der Waals surface area contributed by atoms with Crippen LogP contribution in [-0.4, -0.2) is 10.9 Å². The molecule has 0 bridgehead atoms. The molecular formula is C19H25N. The summed E-state index contributed by atoms with van der Waals surface area (Å²) in [5.41, 5.74) is 2.79. The van der Waals surface area contributed by atoms with Crippen LogP contribution in [0.1, 0.15) is 37.8 Å². The lowest BCUT2D eigenvalue weighted by Gasteiger charge is -2.29. The fourth-order valence-electron chi connectivity index (χ4n) is 2.60. The van der Waals surface area contributed by atoms with Crippen molar-refractivity contribution in [3.8, 4) is 0 Å². The van der Waals surface area contributed by atoms with E-state index in [4.69, 9.17) is 0 Å². The third kappa shape index (κ3) is 4.50. The molecule has 0 aliphatic heterocycles. The van der Waals surface area contributed by atoms with Gasteiger partial charge in [-0.05, 0) is 24.5 Å². The highest BCUT2D eigenvalue weighted by Crippen LogP contribution is 2.16. The van der Waals surface area contributed by atoms with Gasteiger partial charge in [-0.3, -0.25) is 4.90 Å². The number of hydrogen-bond acceptors (Lipinski definition) is 1. The van der Waals surface area contributed by atoms with Crippen molar-refractivity contribution in [1.29, 1.82) is 0 Å². The first-order valence-corrected chi connectivity index (χ1v) is 7.61. The molecule has 0 N–H and O–H groups in total. The predicted molar refractivity (Wildman–Crippen MR) is 86.5 cm³/mol. The average Bonchev–Trinajstić information content (AvgIpc) is 2.49. The van der Waals surface area contributed by atoms with Crippen molar-refractivity contribution in [1.82, 2.24) is 4.90 Å². The summed E-state index contributed by atoms with van der Waals surface area (Å²) in [4.78, 5) is 2.58. The summed E-state index contributed by atoms with van der Waals surface area (Å²) in [6.07, 6.45) is 2.49. The zero-order valence-electron chi connectivity index (χ0n) is 12.6. The van der Waals surface area contributed by atoms with Crippen molar-refractivity contribution in [3.63, 3.8) is 0 Å². The second-order valence-corrected chi connectivity index (χ2v) is 5.51. The second kappa shape index (κ2) is 7.86. The van der Waals surface area contributed by atoms with Crippen LogP contribution in [0.25, 0.3) is 0 Å². The quantitative estimate of drug-likeness (QED) is 0.691. The van der Waals surface area contributed by atoms with Crippen molar-refractivity contribution in [2.45, 2.75) is 45.8 Å². The molecule has 1 unspecified atom stereocenters. The van der Waals surface area contributed by atoms with Crippen LogP contribution in [0.2, 0.25) is 0 Å². The Kier molecular flexibility index (Phi) is 5.82. The molecule has 1 heteroatoms. The maximum atomic E-state index is 2.58. The molecule has 2 aromatic rings. The predicted octanol–water partition coefficient (Wildman–Crippen LogP) is 4.88. The van der Waals surface area contributed by atoms with Gasteiger partial charge in [-0.2, -0.15) is 0 Å². The fraction of sp³-hybridized carbons (Fsp3) is 0.368. The first-order chi connectivity index (χ1) is 9.79. The van der Waals surface area contributed by atoms with E-state index in [1.54, 1.807) is 0 Å². The SMILES string of the molecule is CCCC(C)N(Cc1ccccc1)Cc1ccccc1. The van der Waals surface area contributed by atoms with Gasteiger partial charge in [-0.1, -0.05) is 74.0 Å². The van der Waals surface area contributed by atoms with E-state index in [2.05, 4.69) is 79.4 Å². The summed E-state index contributed by atoms with van der Waals surface area (Å²) in [7, 11) is 0. The largest absolute Gasteiger partial charge is 0.292 e. The first-order valence-electron chi connectivity index (χ1n) is 7.61. The van der Waals surface area contributed by atoms with Crippen molar-refractivity contribution in [2.75, 3.05) is 0 Å². The van der Waals surface area contributed by atoms with Crippen molar-refractivity contribution in [2.24, 2.45) is 0 Å². The van der Waals surface area contributed by atoms with Gasteiger partial charge in [-0.15, -0.1) is 0 Å². The second-order valence-electron chi connectivity index (χ2n) is 5.51. The molecule has 0 heterocycles. The van der Waals surface area contributed by atoms with E-state index in [9.17, 15) is 0 Å². The van der Waals surface area contributed by atoms with Gasteiger partial charge in [0.05, 0.1) is 0 Å². The van der Waals surface area contributed by atoms with Crippen molar-refractivity contribution >= 4 is 0 Å². The molecule has 0 amide bonds. The van der Waals surface area contributed by atoms with Gasteiger partial charge in [0, 0.05) is 19.1 Å². The molecule has 1 nitrogen and oxygen atoms in total. The van der Waals surface area contributed by atoms with E-state index in [0.717, 1.165) is 13.1 Å². The maximum Gasteiger partial charge on any atom is 0.0240 e. The molecule has 0 aromatic heterocycles. The molecule has 1 atom stereocenters. The summed E-state index contributed by atoms with van der Waals surface area (Å²) in [5.74, 6) is 0. The van der Waals surface area contributed by atoms with Crippen LogP contribution in [0, 0.1) is 0 Å². The summed E-state index contributed by atoms with van der Waals surface area (Å²) in [6, 6.07) is 22.2. The molecule has 0 fully saturated rings. The maximum absolute atomic E-state index is 2.58. The minimum Gasteiger partial charge on any atom is -0.292 e. The van der Waals surface area contributed by atoms with Gasteiger partial charge in [0.25, 0.3) is 0 Å². The number of nitrogens with zero attached hydrogens (tertiary/aromatic N) is 1. The summed E-state index contributed by atoms with van der Waals surface area (Å²) >= 11 is 0. The average molecular weight is 267 g/mol. The molecule has 2 rings (SSSR count). The molecule has 0 spiro atoms. The Morgan fingerprint density at radius 2 is 1.25 bits per heavy atom. The van der Waals surface area contributed by atoms with E-state index in [1.165, 1.54) is 24.0 Å². The molecule has 0 radical (unpaired) electrons. The first kappa shape index (κ1) is 14.8. The lowest BCUT2D eigenvalue weighted by Crippen LogP contribution is -2.32. The monoisotopic (exact) mass is 267 g/mol. The van der Waals surface area contributed by atoms with E-state index >= 15 is 0 Å².